The van der Waals surface area contributed by atoms with Gasteiger partial charge in [0.15, 0.2) is 0 Å². The molecule has 3 rings (SSSR count). The third-order valence-corrected chi connectivity index (χ3v) is 3.88. The van der Waals surface area contributed by atoms with Crippen LogP contribution in [0.2, 0.25) is 0 Å². The van der Waals surface area contributed by atoms with E-state index in [2.05, 4.69) is 31.2 Å². The van der Waals surface area contributed by atoms with Gasteiger partial charge in [0.1, 0.15) is 5.75 Å². The fourth-order valence-electron chi connectivity index (χ4n) is 3.06. The average molecular weight is 200 g/mol. The molecule has 0 N–H and O–H groups in total. The minimum absolute atomic E-state index is 0.411. The van der Waals surface area contributed by atoms with E-state index >= 15 is 0 Å². The molecular weight excluding hydrogens is 184 g/mol. The molecule has 0 spiro atoms. The van der Waals surface area contributed by atoms with Gasteiger partial charge in [-0.1, -0.05) is 19.1 Å². The van der Waals surface area contributed by atoms with Crippen LogP contribution >= 0.6 is 0 Å². The molecule has 1 unspecified atom stereocenters. The third-order valence-electron chi connectivity index (χ3n) is 3.88. The lowest BCUT2D eigenvalue weighted by Crippen LogP contribution is -2.10. The van der Waals surface area contributed by atoms with Crippen molar-refractivity contribution in [2.45, 2.75) is 26.2 Å². The van der Waals surface area contributed by atoms with Crippen LogP contribution in [0.15, 0.2) is 24.3 Å². The van der Waals surface area contributed by atoms with Crippen LogP contribution in [0.4, 0.5) is 0 Å². The summed E-state index contributed by atoms with van der Waals surface area (Å²) in [6.45, 7) is 2.39. The Hall–Kier alpha value is -1.24. The van der Waals surface area contributed by atoms with E-state index in [1.54, 1.807) is 12.7 Å². The van der Waals surface area contributed by atoms with Crippen molar-refractivity contribution in [1.29, 1.82) is 0 Å². The summed E-state index contributed by atoms with van der Waals surface area (Å²) in [7, 11) is 1.73. The highest BCUT2D eigenvalue weighted by molar-refractivity contribution is 5.79. The van der Waals surface area contributed by atoms with Gasteiger partial charge in [0.05, 0.1) is 7.11 Å². The van der Waals surface area contributed by atoms with Crippen molar-refractivity contribution in [1.82, 2.24) is 0 Å². The SMILES string of the molecule is COc1ccc2c(c1)CC1(C)CCC=C21. The Balaban J connectivity index is 2.13. The quantitative estimate of drug-likeness (QED) is 0.674. The maximum absolute atomic E-state index is 5.28. The summed E-state index contributed by atoms with van der Waals surface area (Å²) in [5, 5.41) is 0. The summed E-state index contributed by atoms with van der Waals surface area (Å²) in [5.41, 5.74) is 4.90. The van der Waals surface area contributed by atoms with Gasteiger partial charge in [-0.25, -0.2) is 0 Å². The first-order chi connectivity index (χ1) is 7.23. The summed E-state index contributed by atoms with van der Waals surface area (Å²) in [4.78, 5) is 0. The fourth-order valence-corrected chi connectivity index (χ4v) is 3.06. The zero-order valence-electron chi connectivity index (χ0n) is 9.34. The van der Waals surface area contributed by atoms with Gasteiger partial charge in [0, 0.05) is 0 Å². The van der Waals surface area contributed by atoms with Crippen LogP contribution < -0.4 is 4.74 Å². The molecule has 0 fully saturated rings. The molecule has 0 saturated carbocycles. The monoisotopic (exact) mass is 200 g/mol. The zero-order chi connectivity index (χ0) is 10.5. The van der Waals surface area contributed by atoms with E-state index in [9.17, 15) is 0 Å². The third kappa shape index (κ3) is 1.16. The van der Waals surface area contributed by atoms with E-state index in [-0.39, 0.29) is 0 Å². The molecule has 0 aromatic heterocycles. The van der Waals surface area contributed by atoms with Crippen LogP contribution in [0.1, 0.15) is 30.9 Å². The maximum Gasteiger partial charge on any atom is 0.119 e. The molecular formula is C14H16O. The van der Waals surface area contributed by atoms with Crippen LogP contribution in [0, 0.1) is 5.41 Å². The van der Waals surface area contributed by atoms with Gasteiger partial charge >= 0.3 is 0 Å². The van der Waals surface area contributed by atoms with E-state index in [0.29, 0.717) is 5.41 Å². The number of fused-ring (bicyclic) bond motifs is 3. The predicted octanol–water partition coefficient (Wildman–Crippen LogP) is 3.43. The number of rotatable bonds is 1. The van der Waals surface area contributed by atoms with E-state index in [1.165, 1.54) is 30.4 Å². The number of allylic oxidation sites excluding steroid dienone is 2. The molecule has 2 aliphatic rings. The number of benzene rings is 1. The number of hydrogen-bond donors (Lipinski definition) is 0. The molecule has 0 bridgehead atoms. The zero-order valence-corrected chi connectivity index (χ0v) is 9.34. The van der Waals surface area contributed by atoms with Gasteiger partial charge in [-0.2, -0.15) is 0 Å². The summed E-state index contributed by atoms with van der Waals surface area (Å²) in [6.07, 6.45) is 6.15. The normalized spacial score (nSPS) is 27.2. The Morgan fingerprint density at radius 1 is 1.33 bits per heavy atom. The highest BCUT2D eigenvalue weighted by Crippen LogP contribution is 2.53. The van der Waals surface area contributed by atoms with Gasteiger partial charge in [-0.3, -0.25) is 0 Å². The second-order valence-electron chi connectivity index (χ2n) is 4.92. The van der Waals surface area contributed by atoms with E-state index in [4.69, 9.17) is 4.74 Å². The maximum atomic E-state index is 5.28. The first kappa shape index (κ1) is 9.02. The van der Waals surface area contributed by atoms with Crippen molar-refractivity contribution in [2.24, 2.45) is 5.41 Å². The van der Waals surface area contributed by atoms with Gasteiger partial charge in [0.25, 0.3) is 0 Å². The van der Waals surface area contributed by atoms with Crippen molar-refractivity contribution in [2.75, 3.05) is 7.11 Å². The number of methoxy groups -OCH3 is 1. The topological polar surface area (TPSA) is 9.23 Å². The lowest BCUT2D eigenvalue weighted by molar-refractivity contribution is 0.412. The minimum atomic E-state index is 0.411. The Morgan fingerprint density at radius 3 is 3.00 bits per heavy atom. The second-order valence-corrected chi connectivity index (χ2v) is 4.92. The lowest BCUT2D eigenvalue weighted by atomic mass is 9.84. The first-order valence-corrected chi connectivity index (χ1v) is 5.61. The standard InChI is InChI=1S/C14H16O/c1-14-7-3-4-13(14)12-6-5-11(15-2)8-10(12)9-14/h4-6,8H,3,7,9H2,1-2H3. The molecule has 0 aliphatic heterocycles. The molecule has 0 radical (unpaired) electrons. The van der Waals surface area contributed by atoms with Crippen molar-refractivity contribution in [3.05, 3.63) is 35.4 Å². The largest absolute Gasteiger partial charge is 0.497 e. The first-order valence-electron chi connectivity index (χ1n) is 5.61. The van der Waals surface area contributed by atoms with Crippen LogP contribution in [0.3, 0.4) is 0 Å². The molecule has 0 saturated heterocycles. The predicted molar refractivity (Wildman–Crippen MR) is 62.0 cm³/mol. The van der Waals surface area contributed by atoms with E-state index in [1.807, 2.05) is 0 Å². The molecule has 0 heterocycles. The van der Waals surface area contributed by atoms with Gasteiger partial charge in [-0.05, 0) is 53.5 Å². The van der Waals surface area contributed by atoms with Crippen LogP contribution in [-0.4, -0.2) is 7.11 Å². The molecule has 1 aromatic rings. The van der Waals surface area contributed by atoms with E-state index < -0.39 is 0 Å². The fraction of sp³-hybridized carbons (Fsp3) is 0.429. The highest BCUT2D eigenvalue weighted by Gasteiger charge is 2.39. The Bertz CT molecular complexity index is 445. The van der Waals surface area contributed by atoms with E-state index in [0.717, 1.165) is 5.75 Å². The summed E-state index contributed by atoms with van der Waals surface area (Å²) in [6, 6.07) is 6.49. The summed E-state index contributed by atoms with van der Waals surface area (Å²) >= 11 is 0. The highest BCUT2D eigenvalue weighted by atomic mass is 16.5. The summed E-state index contributed by atoms with van der Waals surface area (Å²) < 4.78 is 5.28. The molecule has 1 aromatic carbocycles. The molecule has 1 heteroatoms. The molecule has 0 amide bonds. The molecule has 1 nitrogen and oxygen atoms in total. The van der Waals surface area contributed by atoms with Crippen molar-refractivity contribution in [3.8, 4) is 5.75 Å². The minimum Gasteiger partial charge on any atom is -0.497 e. The second kappa shape index (κ2) is 2.88. The van der Waals surface area contributed by atoms with Crippen molar-refractivity contribution >= 4 is 5.57 Å². The Morgan fingerprint density at radius 2 is 2.20 bits per heavy atom. The van der Waals surface area contributed by atoms with Crippen LogP contribution in [0.25, 0.3) is 5.57 Å². The molecule has 15 heavy (non-hydrogen) atoms. The van der Waals surface area contributed by atoms with Crippen molar-refractivity contribution < 1.29 is 4.74 Å². The number of hydrogen-bond acceptors (Lipinski definition) is 1. The molecule has 2 aliphatic carbocycles. The average Bonchev–Trinajstić information content (AvgIpc) is 2.70. The molecule has 1 atom stereocenters. The summed E-state index contributed by atoms with van der Waals surface area (Å²) in [5.74, 6) is 0.984. The Labute approximate surface area is 90.8 Å². The van der Waals surface area contributed by atoms with Crippen LogP contribution in [-0.2, 0) is 6.42 Å². The Kier molecular flexibility index (Phi) is 1.73. The van der Waals surface area contributed by atoms with Gasteiger partial charge < -0.3 is 4.74 Å². The molecule has 78 valence electrons. The smallest absolute Gasteiger partial charge is 0.119 e. The van der Waals surface area contributed by atoms with Crippen LogP contribution in [0.5, 0.6) is 5.75 Å². The number of ether oxygens (including phenoxy) is 1. The van der Waals surface area contributed by atoms with Gasteiger partial charge in [-0.15, -0.1) is 0 Å². The lowest BCUT2D eigenvalue weighted by Gasteiger charge is -2.19. The van der Waals surface area contributed by atoms with Gasteiger partial charge in [0.2, 0.25) is 0 Å². The van der Waals surface area contributed by atoms with Crippen molar-refractivity contribution in [3.63, 3.8) is 0 Å².